The molecule has 90 valence electrons. The molecule has 1 rings (SSSR count). The highest BCUT2D eigenvalue weighted by Gasteiger charge is 2.07. The lowest BCUT2D eigenvalue weighted by Crippen LogP contribution is -2.04. The number of nitrogens with two attached hydrogens (primary N) is 1. The highest BCUT2D eigenvalue weighted by Crippen LogP contribution is 2.27. The zero-order valence-corrected chi connectivity index (χ0v) is 10.8. The monoisotopic (exact) mass is 241 g/mol. The van der Waals surface area contributed by atoms with Crippen LogP contribution >= 0.6 is 11.6 Å². The minimum atomic E-state index is 0.693. The Morgan fingerprint density at radius 1 is 1.38 bits per heavy atom. The molecule has 0 fully saturated rings. The maximum Gasteiger partial charge on any atom is 0.122 e. The normalized spacial score (nSPS) is 10.5. The summed E-state index contributed by atoms with van der Waals surface area (Å²) in [5.41, 5.74) is 7.74. The lowest BCUT2D eigenvalue weighted by atomic mass is 10.1. The molecule has 0 saturated heterocycles. The molecule has 0 spiro atoms. The van der Waals surface area contributed by atoms with Crippen LogP contribution < -0.4 is 10.5 Å². The van der Waals surface area contributed by atoms with E-state index in [1.54, 1.807) is 0 Å². The van der Waals surface area contributed by atoms with Gasteiger partial charge in [0.1, 0.15) is 5.75 Å². The maximum atomic E-state index is 6.11. The topological polar surface area (TPSA) is 35.2 Å². The van der Waals surface area contributed by atoms with Gasteiger partial charge in [0.15, 0.2) is 0 Å². The van der Waals surface area contributed by atoms with Crippen molar-refractivity contribution in [1.82, 2.24) is 0 Å². The first kappa shape index (κ1) is 13.3. The minimum absolute atomic E-state index is 0.693. The van der Waals surface area contributed by atoms with Crippen molar-refractivity contribution < 1.29 is 4.74 Å². The lowest BCUT2D eigenvalue weighted by molar-refractivity contribution is 0.314. The summed E-state index contributed by atoms with van der Waals surface area (Å²) in [5.74, 6) is 0.956. The maximum absolute atomic E-state index is 6.11. The summed E-state index contributed by atoms with van der Waals surface area (Å²) in [4.78, 5) is 0. The van der Waals surface area contributed by atoms with Crippen LogP contribution in [0.25, 0.3) is 0 Å². The average Bonchev–Trinajstić information content (AvgIpc) is 2.28. The Hall–Kier alpha value is -0.730. The number of rotatable bonds is 6. The van der Waals surface area contributed by atoms with Crippen molar-refractivity contribution in [1.29, 1.82) is 0 Å². The molecular formula is C13H20ClNO. The van der Waals surface area contributed by atoms with Crippen LogP contribution in [0.15, 0.2) is 12.1 Å². The molecular weight excluding hydrogens is 222 g/mol. The van der Waals surface area contributed by atoms with Gasteiger partial charge in [0.25, 0.3) is 0 Å². The third kappa shape index (κ3) is 3.69. The zero-order valence-electron chi connectivity index (χ0n) is 10.1. The number of halogens is 1. The van der Waals surface area contributed by atoms with Crippen molar-refractivity contribution in [3.8, 4) is 5.75 Å². The SMILES string of the molecule is CCCOc1cc(C)c(Cl)cc1CCCN. The number of aryl methyl sites for hydroxylation is 2. The average molecular weight is 242 g/mol. The molecule has 0 atom stereocenters. The Bertz CT molecular complexity index is 306. The minimum Gasteiger partial charge on any atom is -0.493 e. The van der Waals surface area contributed by atoms with Crippen LogP contribution in [-0.4, -0.2) is 13.2 Å². The van der Waals surface area contributed by atoms with Gasteiger partial charge in [-0.3, -0.25) is 0 Å². The summed E-state index contributed by atoms with van der Waals surface area (Å²) < 4.78 is 5.72. The summed E-state index contributed by atoms with van der Waals surface area (Å²) in [7, 11) is 0. The standard InChI is InChI=1S/C13H20ClNO/c1-3-7-16-13-8-10(2)12(14)9-11(13)5-4-6-15/h8-9H,3-7,15H2,1-2H3. The Morgan fingerprint density at radius 3 is 2.75 bits per heavy atom. The van der Waals surface area contributed by atoms with Gasteiger partial charge in [0, 0.05) is 5.02 Å². The highest BCUT2D eigenvalue weighted by molar-refractivity contribution is 6.31. The molecule has 2 nitrogen and oxygen atoms in total. The zero-order chi connectivity index (χ0) is 12.0. The molecule has 0 saturated carbocycles. The molecule has 1 aromatic carbocycles. The van der Waals surface area contributed by atoms with E-state index in [4.69, 9.17) is 22.1 Å². The predicted octanol–water partition coefficient (Wildman–Crippen LogP) is 3.33. The van der Waals surface area contributed by atoms with Crippen LogP contribution in [0.1, 0.15) is 30.9 Å². The highest BCUT2D eigenvalue weighted by atomic mass is 35.5. The summed E-state index contributed by atoms with van der Waals surface area (Å²) >= 11 is 6.11. The van der Waals surface area contributed by atoms with E-state index in [2.05, 4.69) is 6.92 Å². The van der Waals surface area contributed by atoms with Gasteiger partial charge < -0.3 is 10.5 Å². The molecule has 0 aliphatic carbocycles. The van der Waals surface area contributed by atoms with Crippen LogP contribution in [-0.2, 0) is 6.42 Å². The fourth-order valence-electron chi connectivity index (χ4n) is 1.53. The first-order valence-corrected chi connectivity index (χ1v) is 6.18. The molecule has 3 heteroatoms. The van der Waals surface area contributed by atoms with Crippen LogP contribution in [0.2, 0.25) is 5.02 Å². The van der Waals surface area contributed by atoms with E-state index in [-0.39, 0.29) is 0 Å². The van der Waals surface area contributed by atoms with Crippen molar-refractivity contribution >= 4 is 11.6 Å². The lowest BCUT2D eigenvalue weighted by Gasteiger charge is -2.12. The van der Waals surface area contributed by atoms with Gasteiger partial charge >= 0.3 is 0 Å². The molecule has 1 aromatic rings. The fraction of sp³-hybridized carbons (Fsp3) is 0.538. The summed E-state index contributed by atoms with van der Waals surface area (Å²) in [5, 5.41) is 0.802. The van der Waals surface area contributed by atoms with Gasteiger partial charge in [-0.25, -0.2) is 0 Å². The first-order valence-electron chi connectivity index (χ1n) is 5.81. The molecule has 0 amide bonds. The van der Waals surface area contributed by atoms with Crippen molar-refractivity contribution in [3.63, 3.8) is 0 Å². The smallest absolute Gasteiger partial charge is 0.122 e. The summed E-state index contributed by atoms with van der Waals surface area (Å²) in [6.07, 6.45) is 2.90. The predicted molar refractivity (Wildman–Crippen MR) is 69.4 cm³/mol. The van der Waals surface area contributed by atoms with Crippen molar-refractivity contribution in [2.75, 3.05) is 13.2 Å². The van der Waals surface area contributed by atoms with Gasteiger partial charge in [0.05, 0.1) is 6.61 Å². The van der Waals surface area contributed by atoms with Gasteiger partial charge in [-0.2, -0.15) is 0 Å². The van der Waals surface area contributed by atoms with E-state index in [1.165, 1.54) is 0 Å². The van der Waals surface area contributed by atoms with Crippen LogP contribution in [0.3, 0.4) is 0 Å². The molecule has 0 heterocycles. The molecule has 0 aromatic heterocycles. The summed E-state index contributed by atoms with van der Waals surface area (Å²) in [6.45, 7) is 5.53. The second-order valence-corrected chi connectivity index (χ2v) is 4.36. The van der Waals surface area contributed by atoms with Gasteiger partial charge in [-0.15, -0.1) is 0 Å². The molecule has 0 aliphatic rings. The fourth-order valence-corrected chi connectivity index (χ4v) is 1.72. The van der Waals surface area contributed by atoms with Crippen LogP contribution in [0.5, 0.6) is 5.75 Å². The number of hydrogen-bond acceptors (Lipinski definition) is 2. The first-order chi connectivity index (χ1) is 7.69. The van der Waals surface area contributed by atoms with Crippen molar-refractivity contribution in [2.45, 2.75) is 33.1 Å². The number of ether oxygens (including phenoxy) is 1. The Balaban J connectivity index is 2.87. The Labute approximate surface area is 103 Å². The van der Waals surface area contributed by atoms with E-state index in [0.29, 0.717) is 6.54 Å². The van der Waals surface area contributed by atoms with Gasteiger partial charge in [0.2, 0.25) is 0 Å². The molecule has 0 aliphatic heterocycles. The van der Waals surface area contributed by atoms with E-state index in [9.17, 15) is 0 Å². The second kappa shape index (κ2) is 6.77. The number of benzene rings is 1. The van der Waals surface area contributed by atoms with E-state index < -0.39 is 0 Å². The van der Waals surface area contributed by atoms with Crippen LogP contribution in [0, 0.1) is 6.92 Å². The Morgan fingerprint density at radius 2 is 2.12 bits per heavy atom. The third-order valence-corrected chi connectivity index (χ3v) is 2.86. The van der Waals surface area contributed by atoms with Gasteiger partial charge in [-0.1, -0.05) is 18.5 Å². The molecule has 0 bridgehead atoms. The van der Waals surface area contributed by atoms with E-state index in [1.807, 2.05) is 19.1 Å². The second-order valence-electron chi connectivity index (χ2n) is 3.95. The Kier molecular flexibility index (Phi) is 5.64. The van der Waals surface area contributed by atoms with E-state index >= 15 is 0 Å². The molecule has 0 radical (unpaired) electrons. The quantitative estimate of drug-likeness (QED) is 0.829. The largest absolute Gasteiger partial charge is 0.493 e. The summed E-state index contributed by atoms with van der Waals surface area (Å²) in [6, 6.07) is 4.02. The van der Waals surface area contributed by atoms with Crippen molar-refractivity contribution in [2.24, 2.45) is 5.73 Å². The molecule has 0 unspecified atom stereocenters. The van der Waals surface area contributed by atoms with Crippen molar-refractivity contribution in [3.05, 3.63) is 28.3 Å². The molecule has 2 N–H and O–H groups in total. The van der Waals surface area contributed by atoms with E-state index in [0.717, 1.165) is 47.8 Å². The van der Waals surface area contributed by atoms with Crippen LogP contribution in [0.4, 0.5) is 0 Å². The van der Waals surface area contributed by atoms with Gasteiger partial charge in [-0.05, 0) is 56.0 Å². The number of hydrogen-bond donors (Lipinski definition) is 1. The third-order valence-electron chi connectivity index (χ3n) is 2.45. The molecule has 16 heavy (non-hydrogen) atoms.